The van der Waals surface area contributed by atoms with Crippen LogP contribution in [0.1, 0.15) is 18.9 Å². The average molecular weight is 597 g/mol. The molecule has 6 rings (SSSR count). The van der Waals surface area contributed by atoms with Gasteiger partial charge in [-0.1, -0.05) is 54.2 Å². The van der Waals surface area contributed by atoms with Gasteiger partial charge >= 0.3 is 0 Å². The van der Waals surface area contributed by atoms with Crippen LogP contribution in [0.4, 0.5) is 17.1 Å². The van der Waals surface area contributed by atoms with Gasteiger partial charge in [0, 0.05) is 37.4 Å². The van der Waals surface area contributed by atoms with E-state index in [4.69, 9.17) is 14.7 Å². The SMILES string of the molecule is CCOc1ccccc1NC(=O)CSC1=Nc2ccccc2C2=NC(CC(=O)N3CCN(c4ccccc4)CC3)C(=O)N12. The summed E-state index contributed by atoms with van der Waals surface area (Å²) in [5, 5.41) is 3.25. The second kappa shape index (κ2) is 12.7. The molecule has 3 aliphatic heterocycles. The van der Waals surface area contributed by atoms with Crippen molar-refractivity contribution in [1.82, 2.24) is 9.80 Å². The lowest BCUT2D eigenvalue weighted by Gasteiger charge is -2.36. The number of ether oxygens (including phenoxy) is 1. The van der Waals surface area contributed by atoms with E-state index in [-0.39, 0.29) is 29.9 Å². The summed E-state index contributed by atoms with van der Waals surface area (Å²) in [6, 6.07) is 24.0. The van der Waals surface area contributed by atoms with Crippen molar-refractivity contribution in [3.63, 3.8) is 0 Å². The molecule has 0 aliphatic carbocycles. The summed E-state index contributed by atoms with van der Waals surface area (Å²) >= 11 is 1.16. The number of aliphatic imine (C=N–C) groups is 2. The third-order valence-electron chi connectivity index (χ3n) is 7.46. The fourth-order valence-corrected chi connectivity index (χ4v) is 6.15. The molecule has 1 N–H and O–H groups in total. The minimum atomic E-state index is -0.849. The van der Waals surface area contributed by atoms with Crippen LogP contribution in [0.2, 0.25) is 0 Å². The van der Waals surface area contributed by atoms with Gasteiger partial charge in [0.2, 0.25) is 11.8 Å². The molecule has 1 unspecified atom stereocenters. The number of para-hydroxylation sites is 4. The second-order valence-corrected chi connectivity index (χ2v) is 11.2. The topological polar surface area (TPSA) is 107 Å². The zero-order valence-corrected chi connectivity index (χ0v) is 24.6. The molecule has 3 aromatic carbocycles. The smallest absolute Gasteiger partial charge is 0.259 e. The van der Waals surface area contributed by atoms with Gasteiger partial charge in [-0.05, 0) is 43.3 Å². The van der Waals surface area contributed by atoms with E-state index in [1.54, 1.807) is 12.1 Å². The quantitative estimate of drug-likeness (QED) is 0.419. The molecule has 1 saturated heterocycles. The van der Waals surface area contributed by atoms with Crippen LogP contribution in [-0.2, 0) is 14.4 Å². The zero-order chi connectivity index (χ0) is 29.8. The van der Waals surface area contributed by atoms with Crippen LogP contribution >= 0.6 is 11.8 Å². The maximum absolute atomic E-state index is 13.7. The lowest BCUT2D eigenvalue weighted by Crippen LogP contribution is -2.49. The monoisotopic (exact) mass is 596 g/mol. The van der Waals surface area contributed by atoms with Crippen LogP contribution in [0.15, 0.2) is 88.8 Å². The maximum atomic E-state index is 13.7. The highest BCUT2D eigenvalue weighted by atomic mass is 32.2. The Hall–Kier alpha value is -4.64. The molecule has 10 nitrogen and oxygen atoms in total. The summed E-state index contributed by atoms with van der Waals surface area (Å²) in [4.78, 5) is 54.9. The first-order chi connectivity index (χ1) is 21.0. The molecule has 0 aromatic heterocycles. The van der Waals surface area contributed by atoms with E-state index >= 15 is 0 Å². The number of rotatable bonds is 8. The van der Waals surface area contributed by atoms with E-state index in [0.717, 1.165) is 36.1 Å². The number of hydrogen-bond acceptors (Lipinski definition) is 8. The van der Waals surface area contributed by atoms with E-state index in [0.29, 0.717) is 47.8 Å². The summed E-state index contributed by atoms with van der Waals surface area (Å²) < 4.78 is 5.61. The molecule has 1 fully saturated rings. The van der Waals surface area contributed by atoms with E-state index in [2.05, 4.69) is 22.3 Å². The molecule has 3 aliphatic rings. The van der Waals surface area contributed by atoms with E-state index < -0.39 is 6.04 Å². The van der Waals surface area contributed by atoms with Crippen LogP contribution in [0.25, 0.3) is 0 Å². The number of amides is 3. The lowest BCUT2D eigenvalue weighted by molar-refractivity contribution is -0.135. The second-order valence-electron chi connectivity index (χ2n) is 10.2. The maximum Gasteiger partial charge on any atom is 0.259 e. The molecule has 1 atom stereocenters. The Kier molecular flexibility index (Phi) is 8.41. The Morgan fingerprint density at radius 3 is 2.47 bits per heavy atom. The molecule has 11 heteroatoms. The van der Waals surface area contributed by atoms with Crippen molar-refractivity contribution in [2.24, 2.45) is 9.98 Å². The molecule has 0 radical (unpaired) electrons. The molecule has 0 spiro atoms. The van der Waals surface area contributed by atoms with Crippen molar-refractivity contribution in [3.05, 3.63) is 84.4 Å². The number of amidine groups is 2. The van der Waals surface area contributed by atoms with Gasteiger partial charge in [-0.2, -0.15) is 0 Å². The molecular formula is C32H32N6O4S. The van der Waals surface area contributed by atoms with Crippen molar-refractivity contribution >= 4 is 57.5 Å². The Labute approximate surface area is 254 Å². The fraction of sp³-hybridized carbons (Fsp3) is 0.281. The highest BCUT2D eigenvalue weighted by molar-refractivity contribution is 8.14. The van der Waals surface area contributed by atoms with Gasteiger partial charge in [0.15, 0.2) is 5.17 Å². The number of nitrogens with zero attached hydrogens (tertiary/aromatic N) is 5. The standard InChI is InChI=1S/C32H32N6O4S/c1-2-42-27-15-9-8-14-25(27)33-28(39)21-43-32-35-24-13-7-6-12-23(24)30-34-26(31(41)38(30)32)20-29(40)37-18-16-36(17-19-37)22-10-4-3-5-11-22/h3-15,26H,2,16-21H2,1H3,(H,33,39). The van der Waals surface area contributed by atoms with Crippen molar-refractivity contribution in [1.29, 1.82) is 0 Å². The number of fused-ring (bicyclic) bond motifs is 3. The van der Waals surface area contributed by atoms with Crippen LogP contribution < -0.4 is 15.0 Å². The predicted octanol–water partition coefficient (Wildman–Crippen LogP) is 4.15. The zero-order valence-electron chi connectivity index (χ0n) is 23.8. The van der Waals surface area contributed by atoms with Crippen molar-refractivity contribution in [2.75, 3.05) is 48.8 Å². The number of thioether (sulfide) groups is 1. The van der Waals surface area contributed by atoms with E-state index in [1.165, 1.54) is 4.90 Å². The van der Waals surface area contributed by atoms with Gasteiger partial charge < -0.3 is 19.9 Å². The molecule has 43 heavy (non-hydrogen) atoms. The molecule has 3 aromatic rings. The van der Waals surface area contributed by atoms with Crippen LogP contribution in [0.3, 0.4) is 0 Å². The lowest BCUT2D eigenvalue weighted by atomic mass is 10.1. The predicted molar refractivity (Wildman–Crippen MR) is 169 cm³/mol. The van der Waals surface area contributed by atoms with Gasteiger partial charge in [0.05, 0.1) is 30.2 Å². The van der Waals surface area contributed by atoms with Gasteiger partial charge in [0.25, 0.3) is 5.91 Å². The summed E-state index contributed by atoms with van der Waals surface area (Å²) in [5.41, 5.74) is 3.10. The fourth-order valence-electron chi connectivity index (χ4n) is 5.35. The Morgan fingerprint density at radius 1 is 0.953 bits per heavy atom. The molecule has 0 bridgehead atoms. The van der Waals surface area contributed by atoms with Gasteiger partial charge in [-0.3, -0.25) is 19.4 Å². The van der Waals surface area contributed by atoms with Gasteiger partial charge in [-0.25, -0.2) is 9.89 Å². The van der Waals surface area contributed by atoms with Crippen LogP contribution in [0, 0.1) is 0 Å². The number of nitrogens with one attached hydrogen (secondary N) is 1. The molecular weight excluding hydrogens is 564 g/mol. The molecule has 220 valence electrons. The minimum absolute atomic E-state index is 0.0149. The van der Waals surface area contributed by atoms with Gasteiger partial charge in [-0.15, -0.1) is 0 Å². The van der Waals surface area contributed by atoms with Crippen LogP contribution in [0.5, 0.6) is 5.75 Å². The summed E-state index contributed by atoms with van der Waals surface area (Å²) in [5.74, 6) is 0.409. The first-order valence-corrected chi connectivity index (χ1v) is 15.3. The first-order valence-electron chi connectivity index (χ1n) is 14.3. The number of carbonyl (C=O) groups excluding carboxylic acids is 3. The summed E-state index contributed by atoms with van der Waals surface area (Å²) in [6.45, 7) is 4.99. The Bertz CT molecular complexity index is 1590. The minimum Gasteiger partial charge on any atom is -0.492 e. The summed E-state index contributed by atoms with van der Waals surface area (Å²) in [7, 11) is 0. The first kappa shape index (κ1) is 28.5. The molecule has 3 heterocycles. The molecule has 3 amide bonds. The number of carbonyl (C=O) groups is 3. The summed E-state index contributed by atoms with van der Waals surface area (Å²) in [6.07, 6.45) is -0.0149. The third-order valence-corrected chi connectivity index (χ3v) is 8.40. The van der Waals surface area contributed by atoms with Crippen molar-refractivity contribution in [3.8, 4) is 5.75 Å². The number of hydrogen-bond donors (Lipinski definition) is 1. The highest BCUT2D eigenvalue weighted by Crippen LogP contribution is 2.34. The normalized spacial score (nSPS) is 17.6. The number of piperazine rings is 1. The van der Waals surface area contributed by atoms with Crippen molar-refractivity contribution in [2.45, 2.75) is 19.4 Å². The highest BCUT2D eigenvalue weighted by Gasteiger charge is 2.42. The van der Waals surface area contributed by atoms with Gasteiger partial charge in [0.1, 0.15) is 17.6 Å². The third kappa shape index (κ3) is 6.12. The largest absolute Gasteiger partial charge is 0.492 e. The number of benzene rings is 3. The Morgan fingerprint density at radius 2 is 1.67 bits per heavy atom. The average Bonchev–Trinajstić information content (AvgIpc) is 3.37. The number of anilines is 2. The van der Waals surface area contributed by atoms with Crippen LogP contribution in [-0.4, -0.2) is 83.1 Å². The van der Waals surface area contributed by atoms with E-state index in [9.17, 15) is 14.4 Å². The van der Waals surface area contributed by atoms with Crippen molar-refractivity contribution < 1.29 is 19.1 Å². The molecule has 0 saturated carbocycles. The van der Waals surface area contributed by atoms with E-state index in [1.807, 2.05) is 66.4 Å². The Balaban J connectivity index is 1.12.